The third-order valence-electron chi connectivity index (χ3n) is 3.75. The maximum atomic E-state index is 14.3. The molecule has 0 fully saturated rings. The first-order valence-corrected chi connectivity index (χ1v) is 7.56. The van der Waals surface area contributed by atoms with Crippen molar-refractivity contribution >= 4 is 23.6 Å². The Morgan fingerprint density at radius 2 is 2.00 bits per heavy atom. The van der Waals surface area contributed by atoms with E-state index in [4.69, 9.17) is 11.6 Å². The van der Waals surface area contributed by atoms with Crippen molar-refractivity contribution in [2.45, 2.75) is 6.54 Å². The van der Waals surface area contributed by atoms with Crippen LogP contribution >= 0.6 is 11.6 Å². The highest BCUT2D eigenvalue weighted by Crippen LogP contribution is 2.27. The number of hydrogen-bond donors (Lipinski definition) is 0. The van der Waals surface area contributed by atoms with Crippen LogP contribution in [-0.4, -0.2) is 26.8 Å². The van der Waals surface area contributed by atoms with Gasteiger partial charge in [0.05, 0.1) is 17.9 Å². The average molecular weight is 341 g/mol. The van der Waals surface area contributed by atoms with Gasteiger partial charge in [0.2, 0.25) is 5.82 Å². The van der Waals surface area contributed by atoms with Crippen molar-refractivity contribution in [3.05, 3.63) is 76.1 Å². The van der Waals surface area contributed by atoms with Crippen molar-refractivity contribution < 1.29 is 9.18 Å². The van der Waals surface area contributed by atoms with Crippen LogP contribution in [0.5, 0.6) is 0 Å². The smallest absolute Gasteiger partial charge is 0.214 e. The second kappa shape index (κ2) is 5.65. The third-order valence-corrected chi connectivity index (χ3v) is 3.98. The lowest BCUT2D eigenvalue weighted by atomic mass is 10.00. The van der Waals surface area contributed by atoms with Gasteiger partial charge in [0.15, 0.2) is 12.1 Å². The van der Waals surface area contributed by atoms with Gasteiger partial charge in [-0.2, -0.15) is 0 Å². The molecule has 0 spiro atoms. The van der Waals surface area contributed by atoms with Crippen LogP contribution in [0.4, 0.5) is 4.39 Å². The molecule has 0 unspecified atom stereocenters. The zero-order valence-corrected chi connectivity index (χ0v) is 13.0. The van der Waals surface area contributed by atoms with Gasteiger partial charge in [-0.1, -0.05) is 23.7 Å². The molecular weight excluding hydrogens is 331 g/mol. The highest BCUT2D eigenvalue weighted by Gasteiger charge is 2.23. The summed E-state index contributed by atoms with van der Waals surface area (Å²) in [7, 11) is 0. The lowest BCUT2D eigenvalue weighted by Gasteiger charge is -2.11. The second-order valence-electron chi connectivity index (χ2n) is 5.22. The van der Waals surface area contributed by atoms with Crippen molar-refractivity contribution in [3.63, 3.8) is 0 Å². The van der Waals surface area contributed by atoms with E-state index in [9.17, 15) is 9.18 Å². The van der Waals surface area contributed by atoms with Crippen LogP contribution in [0.3, 0.4) is 0 Å². The second-order valence-corrected chi connectivity index (χ2v) is 5.66. The molecule has 0 saturated heterocycles. The third kappa shape index (κ3) is 2.32. The summed E-state index contributed by atoms with van der Waals surface area (Å²) in [4.78, 5) is 19.6. The van der Waals surface area contributed by atoms with Gasteiger partial charge in [-0.15, -0.1) is 5.10 Å². The monoisotopic (exact) mass is 340 g/mol. The molecule has 118 valence electrons. The Morgan fingerprint density at radius 1 is 1.17 bits per heavy atom. The number of halogens is 2. The van der Waals surface area contributed by atoms with E-state index in [0.29, 0.717) is 39.7 Å². The summed E-state index contributed by atoms with van der Waals surface area (Å²) >= 11 is 6.13. The molecule has 0 saturated carbocycles. The predicted octanol–water partition coefficient (Wildman–Crippen LogP) is 3.22. The van der Waals surface area contributed by atoms with E-state index in [1.807, 2.05) is 0 Å². The number of carbonyl (C=O) groups excluding carboxylic acids is 1. The molecule has 2 aromatic carbocycles. The molecule has 1 aliphatic heterocycles. The van der Waals surface area contributed by atoms with E-state index in [2.05, 4.69) is 15.1 Å². The summed E-state index contributed by atoms with van der Waals surface area (Å²) in [5.74, 6) is 0.214. The molecule has 0 atom stereocenters. The van der Waals surface area contributed by atoms with Gasteiger partial charge in [0.25, 0.3) is 0 Å². The molecule has 3 aromatic rings. The number of aliphatic imine (C=N–C) groups is 1. The highest BCUT2D eigenvalue weighted by molar-refractivity contribution is 6.31. The van der Waals surface area contributed by atoms with E-state index < -0.39 is 0 Å². The maximum absolute atomic E-state index is 14.3. The fourth-order valence-electron chi connectivity index (χ4n) is 2.71. The summed E-state index contributed by atoms with van der Waals surface area (Å²) < 4.78 is 15.8. The Morgan fingerprint density at radius 3 is 2.79 bits per heavy atom. The average Bonchev–Trinajstić information content (AvgIpc) is 2.94. The molecule has 2 heterocycles. The van der Waals surface area contributed by atoms with Gasteiger partial charge in [-0.3, -0.25) is 9.79 Å². The minimum absolute atomic E-state index is 0.0791. The van der Waals surface area contributed by atoms with E-state index >= 15 is 0 Å². The molecule has 0 bridgehead atoms. The minimum atomic E-state index is -0.372. The predicted molar refractivity (Wildman–Crippen MR) is 87.5 cm³/mol. The number of carbonyl (C=O) groups is 1. The SMILES string of the molecule is O=Cc1nc2n(n1)-c1ccc(Cl)cc1C(c1ccccc1F)=NC2. The number of fused-ring (bicyclic) bond motifs is 3. The Bertz CT molecular complexity index is 996. The standard InChI is InChI=1S/C17H10ClFN4O/c18-10-5-6-14-12(7-10)17(11-3-1-2-4-13(11)19)20-8-16-21-15(9-24)22-23(14)16/h1-7,9H,8H2. The van der Waals surface area contributed by atoms with Gasteiger partial charge in [0.1, 0.15) is 5.82 Å². The summed E-state index contributed by atoms with van der Waals surface area (Å²) in [6.45, 7) is 0.177. The molecule has 5 nitrogen and oxygen atoms in total. The van der Waals surface area contributed by atoms with Crippen LogP contribution in [0, 0.1) is 5.82 Å². The topological polar surface area (TPSA) is 60.1 Å². The zero-order chi connectivity index (χ0) is 16.7. The molecule has 4 rings (SSSR count). The van der Waals surface area contributed by atoms with E-state index in [-0.39, 0.29) is 18.2 Å². The highest BCUT2D eigenvalue weighted by atomic mass is 35.5. The molecule has 0 N–H and O–H groups in total. The molecule has 7 heteroatoms. The Labute approximate surface area is 141 Å². The Balaban J connectivity index is 2.00. The molecule has 1 aliphatic rings. The quantitative estimate of drug-likeness (QED) is 0.673. The Kier molecular flexibility index (Phi) is 3.46. The van der Waals surface area contributed by atoms with Gasteiger partial charge < -0.3 is 0 Å². The largest absolute Gasteiger partial charge is 0.294 e. The number of hydrogen-bond acceptors (Lipinski definition) is 4. The minimum Gasteiger partial charge on any atom is -0.294 e. The van der Waals surface area contributed by atoms with Crippen LogP contribution in [0.2, 0.25) is 5.02 Å². The molecule has 0 radical (unpaired) electrons. The fraction of sp³-hybridized carbons (Fsp3) is 0.0588. The van der Waals surface area contributed by atoms with Crippen molar-refractivity contribution in [3.8, 4) is 5.69 Å². The van der Waals surface area contributed by atoms with Crippen molar-refractivity contribution in [1.82, 2.24) is 14.8 Å². The number of aldehydes is 1. The molecular formula is C17H10ClFN4O. The summed E-state index contributed by atoms with van der Waals surface area (Å²) in [5, 5.41) is 4.68. The van der Waals surface area contributed by atoms with E-state index in [1.165, 1.54) is 6.07 Å². The normalized spacial score (nSPS) is 12.8. The fourth-order valence-corrected chi connectivity index (χ4v) is 2.88. The van der Waals surface area contributed by atoms with Gasteiger partial charge in [-0.05, 0) is 30.3 Å². The molecule has 1 aromatic heterocycles. The maximum Gasteiger partial charge on any atom is 0.214 e. The van der Waals surface area contributed by atoms with Crippen LogP contribution in [-0.2, 0) is 6.54 Å². The number of nitrogens with zero attached hydrogens (tertiary/aromatic N) is 4. The van der Waals surface area contributed by atoms with Crippen LogP contribution in [0.1, 0.15) is 27.6 Å². The molecule has 24 heavy (non-hydrogen) atoms. The lowest BCUT2D eigenvalue weighted by molar-refractivity contribution is 0.111. The van der Waals surface area contributed by atoms with E-state index in [1.54, 1.807) is 41.1 Å². The van der Waals surface area contributed by atoms with Crippen molar-refractivity contribution in [2.24, 2.45) is 4.99 Å². The van der Waals surface area contributed by atoms with Crippen LogP contribution in [0.25, 0.3) is 5.69 Å². The van der Waals surface area contributed by atoms with Gasteiger partial charge in [0, 0.05) is 16.1 Å². The van der Waals surface area contributed by atoms with Gasteiger partial charge >= 0.3 is 0 Å². The first-order chi connectivity index (χ1) is 11.7. The number of aromatic nitrogens is 3. The summed E-state index contributed by atoms with van der Waals surface area (Å²) in [5.41, 5.74) is 2.14. The molecule has 0 amide bonds. The van der Waals surface area contributed by atoms with Crippen molar-refractivity contribution in [1.29, 1.82) is 0 Å². The van der Waals surface area contributed by atoms with Crippen molar-refractivity contribution in [2.75, 3.05) is 0 Å². The number of rotatable bonds is 2. The zero-order valence-electron chi connectivity index (χ0n) is 12.3. The van der Waals surface area contributed by atoms with Crippen LogP contribution < -0.4 is 0 Å². The lowest BCUT2D eigenvalue weighted by Crippen LogP contribution is -2.10. The summed E-state index contributed by atoms with van der Waals surface area (Å²) in [6, 6.07) is 11.6. The van der Waals surface area contributed by atoms with E-state index in [0.717, 1.165) is 0 Å². The summed E-state index contributed by atoms with van der Waals surface area (Å²) in [6.07, 6.45) is 0.582. The first kappa shape index (κ1) is 14.7. The number of benzene rings is 2. The molecule has 0 aliphatic carbocycles. The Hall–Kier alpha value is -2.86. The van der Waals surface area contributed by atoms with Gasteiger partial charge in [-0.25, -0.2) is 14.1 Å². The van der Waals surface area contributed by atoms with Crippen LogP contribution in [0.15, 0.2) is 47.5 Å². The first-order valence-electron chi connectivity index (χ1n) is 7.18.